The van der Waals surface area contributed by atoms with E-state index in [-0.39, 0.29) is 12.3 Å². The van der Waals surface area contributed by atoms with Gasteiger partial charge in [0, 0.05) is 47.1 Å². The molecule has 0 aliphatic heterocycles. The molecular formula is C25H26N2O4. The van der Waals surface area contributed by atoms with Crippen molar-refractivity contribution in [2.24, 2.45) is 0 Å². The maximum atomic E-state index is 12.4. The number of H-pyrrole nitrogens is 1. The van der Waals surface area contributed by atoms with Gasteiger partial charge in [0.25, 0.3) is 0 Å². The van der Waals surface area contributed by atoms with Gasteiger partial charge in [-0.15, -0.1) is 0 Å². The fourth-order valence-corrected chi connectivity index (χ4v) is 3.96. The van der Waals surface area contributed by atoms with Crippen LogP contribution in [-0.2, 0) is 17.6 Å². The molecule has 160 valence electrons. The van der Waals surface area contributed by atoms with Gasteiger partial charge >= 0.3 is 5.63 Å². The molecule has 2 aromatic carbocycles. The minimum atomic E-state index is -0.398. The lowest BCUT2D eigenvalue weighted by molar-refractivity contribution is -0.121. The Morgan fingerprint density at radius 3 is 2.81 bits per heavy atom. The number of aromatic amines is 1. The van der Waals surface area contributed by atoms with E-state index in [1.807, 2.05) is 37.4 Å². The quantitative estimate of drug-likeness (QED) is 0.331. The molecule has 0 bridgehead atoms. The summed E-state index contributed by atoms with van der Waals surface area (Å²) in [5.41, 5.74) is 3.88. The molecule has 0 atom stereocenters. The van der Waals surface area contributed by atoms with Crippen LogP contribution in [0.4, 0.5) is 0 Å². The second-order valence-corrected chi connectivity index (χ2v) is 7.67. The van der Waals surface area contributed by atoms with Crippen LogP contribution in [0.25, 0.3) is 21.9 Å². The van der Waals surface area contributed by atoms with E-state index < -0.39 is 5.63 Å². The molecule has 31 heavy (non-hydrogen) atoms. The number of hydrogen-bond donors (Lipinski definition) is 2. The van der Waals surface area contributed by atoms with E-state index in [4.69, 9.17) is 9.15 Å². The number of amides is 1. The van der Waals surface area contributed by atoms with E-state index in [1.165, 1.54) is 10.9 Å². The number of methoxy groups -OCH3 is 1. The van der Waals surface area contributed by atoms with Gasteiger partial charge in [-0.05, 0) is 55.5 Å². The van der Waals surface area contributed by atoms with Crippen LogP contribution in [0.3, 0.4) is 0 Å². The zero-order valence-corrected chi connectivity index (χ0v) is 17.8. The number of aromatic nitrogens is 1. The Balaban J connectivity index is 1.31. The number of aryl methyl sites for hydroxylation is 2. The van der Waals surface area contributed by atoms with Gasteiger partial charge in [0.1, 0.15) is 11.3 Å². The summed E-state index contributed by atoms with van der Waals surface area (Å²) >= 11 is 0. The SMILES string of the molecule is COc1ccc2c(C)c(CCC(=O)NCCCc3c[nH]c4ccccc34)c(=O)oc2c1. The summed E-state index contributed by atoms with van der Waals surface area (Å²) in [4.78, 5) is 28.0. The highest BCUT2D eigenvalue weighted by Gasteiger charge is 2.13. The van der Waals surface area contributed by atoms with Gasteiger partial charge in [0.05, 0.1) is 7.11 Å². The van der Waals surface area contributed by atoms with E-state index in [0.29, 0.717) is 29.9 Å². The average Bonchev–Trinajstić information content (AvgIpc) is 3.19. The van der Waals surface area contributed by atoms with Crippen LogP contribution in [-0.4, -0.2) is 24.5 Å². The summed E-state index contributed by atoms with van der Waals surface area (Å²) in [6.07, 6.45) is 4.38. The summed E-state index contributed by atoms with van der Waals surface area (Å²) in [5.74, 6) is 0.572. The maximum absolute atomic E-state index is 12.4. The van der Waals surface area contributed by atoms with Crippen molar-refractivity contribution < 1.29 is 13.9 Å². The summed E-state index contributed by atoms with van der Waals surface area (Å²) in [7, 11) is 1.57. The van der Waals surface area contributed by atoms with Gasteiger partial charge in [-0.1, -0.05) is 18.2 Å². The molecule has 0 saturated heterocycles. The molecule has 4 aromatic rings. The number of nitrogens with one attached hydrogen (secondary N) is 2. The van der Waals surface area contributed by atoms with Crippen molar-refractivity contribution >= 4 is 27.8 Å². The van der Waals surface area contributed by atoms with Crippen LogP contribution < -0.4 is 15.7 Å². The predicted octanol–water partition coefficient (Wildman–Crippen LogP) is 4.27. The van der Waals surface area contributed by atoms with E-state index in [0.717, 1.165) is 29.3 Å². The number of rotatable bonds is 8. The zero-order valence-electron chi connectivity index (χ0n) is 17.8. The summed E-state index contributed by atoms with van der Waals surface area (Å²) in [6, 6.07) is 13.6. The number of fused-ring (bicyclic) bond motifs is 2. The van der Waals surface area contributed by atoms with Crippen LogP contribution >= 0.6 is 0 Å². The molecule has 0 spiro atoms. The number of carbonyl (C=O) groups is 1. The Morgan fingerprint density at radius 1 is 1.13 bits per heavy atom. The van der Waals surface area contributed by atoms with Crippen LogP contribution in [0.15, 0.2) is 57.9 Å². The number of ether oxygens (including phenoxy) is 1. The Labute approximate surface area is 180 Å². The number of benzene rings is 2. The van der Waals surface area contributed by atoms with Crippen molar-refractivity contribution in [3.63, 3.8) is 0 Å². The topological polar surface area (TPSA) is 84.3 Å². The summed E-state index contributed by atoms with van der Waals surface area (Å²) < 4.78 is 10.6. The molecule has 0 fully saturated rings. The standard InChI is InChI=1S/C25H26N2O4/c1-16-19-10-9-18(30-2)14-23(19)31-25(29)20(16)11-12-24(28)26-13-5-6-17-15-27-22-8-4-3-7-21(17)22/h3-4,7-10,14-15,27H,5-6,11-13H2,1-2H3,(H,26,28). The smallest absolute Gasteiger partial charge is 0.339 e. The lowest BCUT2D eigenvalue weighted by atomic mass is 10.0. The number of carbonyl (C=O) groups excluding carboxylic acids is 1. The highest BCUT2D eigenvalue weighted by molar-refractivity contribution is 5.83. The van der Waals surface area contributed by atoms with Crippen LogP contribution in [0.5, 0.6) is 5.75 Å². The molecule has 6 heteroatoms. The Hall–Kier alpha value is -3.54. The average molecular weight is 418 g/mol. The molecule has 0 aliphatic rings. The minimum absolute atomic E-state index is 0.0624. The van der Waals surface area contributed by atoms with Gasteiger partial charge in [-0.2, -0.15) is 0 Å². The van der Waals surface area contributed by atoms with Gasteiger partial charge in [-0.3, -0.25) is 4.79 Å². The second kappa shape index (κ2) is 9.08. The predicted molar refractivity (Wildman–Crippen MR) is 122 cm³/mol. The first-order chi connectivity index (χ1) is 15.1. The highest BCUT2D eigenvalue weighted by atomic mass is 16.5. The van der Waals surface area contributed by atoms with Crippen molar-refractivity contribution in [2.45, 2.75) is 32.6 Å². The third-order valence-corrected chi connectivity index (χ3v) is 5.72. The first kappa shape index (κ1) is 20.7. The first-order valence-electron chi connectivity index (χ1n) is 10.5. The minimum Gasteiger partial charge on any atom is -0.497 e. The fraction of sp³-hybridized carbons (Fsp3) is 0.280. The van der Waals surface area contributed by atoms with E-state index in [2.05, 4.69) is 22.4 Å². The van der Waals surface area contributed by atoms with Crippen molar-refractivity contribution in [1.82, 2.24) is 10.3 Å². The Kier molecular flexibility index (Phi) is 6.07. The number of para-hydroxylation sites is 1. The van der Waals surface area contributed by atoms with Crippen LogP contribution in [0.2, 0.25) is 0 Å². The molecule has 0 aliphatic carbocycles. The number of hydrogen-bond acceptors (Lipinski definition) is 4. The Bertz CT molecular complexity index is 1290. The van der Waals surface area contributed by atoms with Crippen molar-refractivity contribution in [2.75, 3.05) is 13.7 Å². The normalized spacial score (nSPS) is 11.2. The second-order valence-electron chi connectivity index (χ2n) is 7.67. The molecule has 2 heterocycles. The van der Waals surface area contributed by atoms with Crippen LogP contribution in [0.1, 0.15) is 29.5 Å². The highest BCUT2D eigenvalue weighted by Crippen LogP contribution is 2.24. The Morgan fingerprint density at radius 2 is 1.97 bits per heavy atom. The fourth-order valence-electron chi connectivity index (χ4n) is 3.96. The maximum Gasteiger partial charge on any atom is 0.339 e. The largest absolute Gasteiger partial charge is 0.497 e. The molecule has 0 saturated carbocycles. The van der Waals surface area contributed by atoms with Gasteiger partial charge in [0.2, 0.25) is 5.91 Å². The van der Waals surface area contributed by atoms with Gasteiger partial charge < -0.3 is 19.5 Å². The lowest BCUT2D eigenvalue weighted by Crippen LogP contribution is -2.25. The van der Waals surface area contributed by atoms with E-state index in [1.54, 1.807) is 13.2 Å². The van der Waals surface area contributed by atoms with Gasteiger partial charge in [0.15, 0.2) is 0 Å². The molecule has 2 aromatic heterocycles. The monoisotopic (exact) mass is 418 g/mol. The summed E-state index contributed by atoms with van der Waals surface area (Å²) in [5, 5.41) is 5.04. The molecule has 6 nitrogen and oxygen atoms in total. The van der Waals surface area contributed by atoms with Gasteiger partial charge in [-0.25, -0.2) is 4.79 Å². The van der Waals surface area contributed by atoms with Crippen molar-refractivity contribution in [3.05, 3.63) is 75.8 Å². The molecule has 2 N–H and O–H groups in total. The first-order valence-corrected chi connectivity index (χ1v) is 10.5. The third kappa shape index (κ3) is 4.48. The lowest BCUT2D eigenvalue weighted by Gasteiger charge is -2.09. The molecule has 4 rings (SSSR count). The van der Waals surface area contributed by atoms with E-state index >= 15 is 0 Å². The molecular weight excluding hydrogens is 392 g/mol. The summed E-state index contributed by atoms with van der Waals surface area (Å²) in [6.45, 7) is 2.49. The van der Waals surface area contributed by atoms with Crippen LogP contribution in [0, 0.1) is 6.92 Å². The molecule has 1 amide bonds. The zero-order chi connectivity index (χ0) is 21.8. The van der Waals surface area contributed by atoms with Crippen molar-refractivity contribution in [1.29, 1.82) is 0 Å². The van der Waals surface area contributed by atoms with Crippen molar-refractivity contribution in [3.8, 4) is 5.75 Å². The molecule has 0 radical (unpaired) electrons. The molecule has 0 unspecified atom stereocenters. The van der Waals surface area contributed by atoms with E-state index in [9.17, 15) is 9.59 Å². The third-order valence-electron chi connectivity index (χ3n) is 5.72.